The Morgan fingerprint density at radius 3 is 2.58 bits per heavy atom. The van der Waals surface area contributed by atoms with Gasteiger partial charge in [-0.05, 0) is 18.6 Å². The lowest BCUT2D eigenvalue weighted by Crippen LogP contribution is -2.24. The Kier molecular flexibility index (Phi) is 4.75. The average Bonchev–Trinajstić information content (AvgIpc) is 2.62. The average molecular weight is 320 g/mol. The molecule has 3 rings (SSSR count). The highest BCUT2D eigenvalue weighted by atomic mass is 16.3. The number of aryl methyl sites for hydroxylation is 1. The second kappa shape index (κ2) is 7.13. The zero-order valence-corrected chi connectivity index (χ0v) is 13.6. The van der Waals surface area contributed by atoms with E-state index in [1.54, 1.807) is 16.7 Å². The first-order valence-corrected chi connectivity index (χ1v) is 8.16. The van der Waals surface area contributed by atoms with Crippen LogP contribution in [-0.2, 0) is 6.54 Å². The fourth-order valence-corrected chi connectivity index (χ4v) is 2.67. The van der Waals surface area contributed by atoms with Crippen LogP contribution in [0.2, 0.25) is 0 Å². The molecule has 0 bridgehead atoms. The third kappa shape index (κ3) is 3.23. The minimum absolute atomic E-state index is 0.0394. The molecule has 0 spiro atoms. The van der Waals surface area contributed by atoms with Crippen molar-refractivity contribution in [2.75, 3.05) is 0 Å². The molecule has 1 N–H and O–H groups in total. The lowest BCUT2D eigenvalue weighted by Gasteiger charge is -2.10. The second-order valence-electron chi connectivity index (χ2n) is 5.69. The van der Waals surface area contributed by atoms with Gasteiger partial charge in [0.1, 0.15) is 11.5 Å². The maximum atomic E-state index is 12.8. The third-order valence-corrected chi connectivity index (χ3v) is 3.96. The van der Waals surface area contributed by atoms with Crippen LogP contribution in [0.3, 0.4) is 0 Å². The first-order valence-electron chi connectivity index (χ1n) is 8.16. The molecule has 122 valence electrons. The second-order valence-corrected chi connectivity index (χ2v) is 5.69. The Balaban J connectivity index is 2.14. The molecule has 3 aromatic rings. The molecule has 0 saturated carbocycles. The molecule has 0 unspecified atom stereocenters. The molecule has 2 aromatic carbocycles. The molecule has 0 radical (unpaired) electrons. The summed E-state index contributed by atoms with van der Waals surface area (Å²) >= 11 is 0. The summed E-state index contributed by atoms with van der Waals surface area (Å²) in [6.07, 6.45) is 3.37. The normalized spacial score (nSPS) is 11.8. The molecular weight excluding hydrogens is 300 g/mol. The van der Waals surface area contributed by atoms with Crippen LogP contribution >= 0.6 is 0 Å². The van der Waals surface area contributed by atoms with Gasteiger partial charge in [-0.25, -0.2) is 4.98 Å². The van der Waals surface area contributed by atoms with Gasteiger partial charge in [0.15, 0.2) is 0 Å². The Morgan fingerprint density at radius 1 is 1.12 bits per heavy atom. The van der Waals surface area contributed by atoms with E-state index in [9.17, 15) is 9.90 Å². The number of aromatic nitrogens is 2. The SMILES string of the molecule is CCCCn1c(=O)c(/C=C(\O)c2ccccc2)nc2ccccc21. The van der Waals surface area contributed by atoms with Crippen molar-refractivity contribution in [2.45, 2.75) is 26.3 Å². The number of aliphatic hydroxyl groups excluding tert-OH is 1. The Hall–Kier alpha value is -2.88. The van der Waals surface area contributed by atoms with Crippen molar-refractivity contribution in [2.24, 2.45) is 0 Å². The van der Waals surface area contributed by atoms with Gasteiger partial charge < -0.3 is 9.67 Å². The number of hydrogen-bond acceptors (Lipinski definition) is 3. The maximum absolute atomic E-state index is 12.8. The van der Waals surface area contributed by atoms with Gasteiger partial charge in [-0.3, -0.25) is 4.79 Å². The molecule has 0 aliphatic rings. The fourth-order valence-electron chi connectivity index (χ4n) is 2.67. The quantitative estimate of drug-likeness (QED) is 0.715. The number of hydrogen-bond donors (Lipinski definition) is 1. The van der Waals surface area contributed by atoms with Crippen LogP contribution in [0.15, 0.2) is 59.4 Å². The molecule has 1 heterocycles. The largest absolute Gasteiger partial charge is 0.507 e. The van der Waals surface area contributed by atoms with E-state index in [4.69, 9.17) is 0 Å². The third-order valence-electron chi connectivity index (χ3n) is 3.96. The molecule has 0 amide bonds. The summed E-state index contributed by atoms with van der Waals surface area (Å²) in [7, 11) is 0. The van der Waals surface area contributed by atoms with Gasteiger partial charge in [0, 0.05) is 18.2 Å². The predicted molar refractivity (Wildman–Crippen MR) is 97.9 cm³/mol. The number of rotatable bonds is 5. The van der Waals surface area contributed by atoms with E-state index in [0.29, 0.717) is 12.1 Å². The van der Waals surface area contributed by atoms with E-state index >= 15 is 0 Å². The summed E-state index contributed by atoms with van der Waals surface area (Å²) < 4.78 is 1.75. The molecule has 0 aliphatic heterocycles. The van der Waals surface area contributed by atoms with Crippen LogP contribution < -0.4 is 5.56 Å². The highest BCUT2D eigenvalue weighted by Gasteiger charge is 2.10. The Labute approximate surface area is 140 Å². The van der Waals surface area contributed by atoms with Crippen molar-refractivity contribution in [3.05, 3.63) is 76.2 Å². The fraction of sp³-hybridized carbons (Fsp3) is 0.200. The van der Waals surface area contributed by atoms with Crippen molar-refractivity contribution >= 4 is 22.9 Å². The molecule has 24 heavy (non-hydrogen) atoms. The summed E-state index contributed by atoms with van der Waals surface area (Å²) in [6.45, 7) is 2.74. The van der Waals surface area contributed by atoms with Crippen LogP contribution in [0.5, 0.6) is 0 Å². The summed E-state index contributed by atoms with van der Waals surface area (Å²) in [5.41, 5.74) is 2.32. The molecule has 1 aromatic heterocycles. The van der Waals surface area contributed by atoms with Gasteiger partial charge in [0.05, 0.1) is 11.0 Å². The maximum Gasteiger partial charge on any atom is 0.277 e. The summed E-state index contributed by atoms with van der Waals surface area (Å²) in [5, 5.41) is 10.3. The minimum atomic E-state index is -0.176. The van der Waals surface area contributed by atoms with Crippen molar-refractivity contribution in [1.82, 2.24) is 9.55 Å². The first kappa shape index (κ1) is 16.0. The number of benzene rings is 2. The van der Waals surface area contributed by atoms with Crippen LogP contribution in [0, 0.1) is 0 Å². The summed E-state index contributed by atoms with van der Waals surface area (Å²) in [4.78, 5) is 17.2. The molecule has 0 fully saturated rings. The molecule has 4 heteroatoms. The first-order chi connectivity index (χ1) is 11.7. The zero-order valence-electron chi connectivity index (χ0n) is 13.6. The number of unbranched alkanes of at least 4 members (excludes halogenated alkanes) is 1. The van der Waals surface area contributed by atoms with Crippen LogP contribution in [0.4, 0.5) is 0 Å². The number of para-hydroxylation sites is 2. The van der Waals surface area contributed by atoms with E-state index in [1.165, 1.54) is 6.08 Å². The van der Waals surface area contributed by atoms with Crippen molar-refractivity contribution < 1.29 is 5.11 Å². The van der Waals surface area contributed by atoms with Gasteiger partial charge in [0.25, 0.3) is 5.56 Å². The van der Waals surface area contributed by atoms with E-state index in [0.717, 1.165) is 23.9 Å². The summed E-state index contributed by atoms with van der Waals surface area (Å²) in [6, 6.07) is 16.7. The van der Waals surface area contributed by atoms with Crippen LogP contribution in [0.25, 0.3) is 22.9 Å². The van der Waals surface area contributed by atoms with Gasteiger partial charge in [0.2, 0.25) is 0 Å². The minimum Gasteiger partial charge on any atom is -0.507 e. The van der Waals surface area contributed by atoms with Crippen LogP contribution in [-0.4, -0.2) is 14.7 Å². The zero-order chi connectivity index (χ0) is 16.9. The van der Waals surface area contributed by atoms with Crippen molar-refractivity contribution in [3.8, 4) is 0 Å². The van der Waals surface area contributed by atoms with Gasteiger partial charge in [-0.15, -0.1) is 0 Å². The van der Waals surface area contributed by atoms with Gasteiger partial charge >= 0.3 is 0 Å². The lowest BCUT2D eigenvalue weighted by molar-refractivity contribution is 0.515. The monoisotopic (exact) mass is 320 g/mol. The predicted octanol–water partition coefficient (Wildman–Crippen LogP) is 4.25. The Morgan fingerprint density at radius 2 is 1.83 bits per heavy atom. The number of nitrogens with zero attached hydrogens (tertiary/aromatic N) is 2. The van der Waals surface area contributed by atoms with E-state index in [1.807, 2.05) is 42.5 Å². The Bertz CT molecular complexity index is 927. The molecular formula is C20H20N2O2. The van der Waals surface area contributed by atoms with Crippen molar-refractivity contribution in [1.29, 1.82) is 0 Å². The smallest absolute Gasteiger partial charge is 0.277 e. The van der Waals surface area contributed by atoms with Gasteiger partial charge in [-0.2, -0.15) is 0 Å². The summed E-state index contributed by atoms with van der Waals surface area (Å²) in [5.74, 6) is 0.0394. The van der Waals surface area contributed by atoms with E-state index in [2.05, 4.69) is 11.9 Å². The number of fused-ring (bicyclic) bond motifs is 1. The number of aliphatic hydroxyl groups is 1. The molecule has 4 nitrogen and oxygen atoms in total. The molecule has 0 atom stereocenters. The highest BCUT2D eigenvalue weighted by molar-refractivity contribution is 5.79. The standard InChI is InChI=1S/C20H20N2O2/c1-2-3-13-22-18-12-8-7-11-16(18)21-17(20(22)24)14-19(23)15-9-5-4-6-10-15/h4-12,14,23H,2-3,13H2,1H3/b19-14-. The van der Waals surface area contributed by atoms with Crippen LogP contribution in [0.1, 0.15) is 31.0 Å². The van der Waals surface area contributed by atoms with E-state index < -0.39 is 0 Å². The van der Waals surface area contributed by atoms with Crippen molar-refractivity contribution in [3.63, 3.8) is 0 Å². The van der Waals surface area contributed by atoms with Gasteiger partial charge in [-0.1, -0.05) is 55.8 Å². The van der Waals surface area contributed by atoms with E-state index in [-0.39, 0.29) is 17.0 Å². The lowest BCUT2D eigenvalue weighted by atomic mass is 10.1. The molecule has 0 aliphatic carbocycles. The topological polar surface area (TPSA) is 55.1 Å². The highest BCUT2D eigenvalue weighted by Crippen LogP contribution is 2.15. The molecule has 0 saturated heterocycles.